The van der Waals surface area contributed by atoms with E-state index in [2.05, 4.69) is 0 Å². The number of hydrogen-bond donors (Lipinski definition) is 3. The average molecular weight is 324 g/mol. The molecule has 1 aromatic rings. The fraction of sp³-hybridized carbons (Fsp3) is 0.438. The normalized spacial score (nSPS) is 31.1. The van der Waals surface area contributed by atoms with Gasteiger partial charge in [-0.05, 0) is 30.7 Å². The van der Waals surface area contributed by atoms with E-state index in [0.717, 1.165) is 11.6 Å². The van der Waals surface area contributed by atoms with Crippen LogP contribution in [0.3, 0.4) is 0 Å². The fourth-order valence-electron chi connectivity index (χ4n) is 2.20. The van der Waals surface area contributed by atoms with E-state index >= 15 is 0 Å². The molecule has 5 atom stereocenters. The Kier molecular flexibility index (Phi) is 5.73. The molecule has 1 aliphatic rings. The number of ether oxygens (including phenoxy) is 3. The first kappa shape index (κ1) is 17.4. The van der Waals surface area contributed by atoms with Gasteiger partial charge in [-0.15, -0.1) is 0 Å². The van der Waals surface area contributed by atoms with Gasteiger partial charge in [0, 0.05) is 6.08 Å². The van der Waals surface area contributed by atoms with Crippen molar-refractivity contribution in [3.8, 4) is 5.75 Å². The number of esters is 1. The zero-order chi connectivity index (χ0) is 17.0. The summed E-state index contributed by atoms with van der Waals surface area (Å²) < 4.78 is 15.0. The molecule has 2 rings (SSSR count). The highest BCUT2D eigenvalue weighted by Crippen LogP contribution is 2.22. The molecule has 0 aromatic heterocycles. The maximum absolute atomic E-state index is 11.8. The summed E-state index contributed by atoms with van der Waals surface area (Å²) in [4.78, 5) is 11.8. The summed E-state index contributed by atoms with van der Waals surface area (Å²) >= 11 is 0. The van der Waals surface area contributed by atoms with Crippen LogP contribution < -0.4 is 4.74 Å². The predicted molar refractivity (Wildman–Crippen MR) is 80.5 cm³/mol. The van der Waals surface area contributed by atoms with Crippen molar-refractivity contribution in [3.05, 3.63) is 35.9 Å². The summed E-state index contributed by atoms with van der Waals surface area (Å²) in [5, 5.41) is 29.3. The van der Waals surface area contributed by atoms with Crippen LogP contribution >= 0.6 is 0 Å². The number of carbonyl (C=O) groups is 1. The zero-order valence-corrected chi connectivity index (χ0v) is 12.8. The Morgan fingerprint density at radius 2 is 1.83 bits per heavy atom. The van der Waals surface area contributed by atoms with Crippen molar-refractivity contribution < 1.29 is 34.3 Å². The van der Waals surface area contributed by atoms with Crippen molar-refractivity contribution in [1.29, 1.82) is 0 Å². The lowest BCUT2D eigenvalue weighted by molar-refractivity contribution is -0.281. The molecule has 23 heavy (non-hydrogen) atoms. The lowest BCUT2D eigenvalue weighted by Gasteiger charge is -2.38. The molecular formula is C16H20O7. The SMILES string of the molecule is COc1ccc(/C=C\C(=O)O[C@@H]2[C@H](O)[C@@H](O)[C@H](C)O[C@@H]2O)cc1. The summed E-state index contributed by atoms with van der Waals surface area (Å²) in [6.07, 6.45) is -3.61. The van der Waals surface area contributed by atoms with Crippen molar-refractivity contribution in [3.63, 3.8) is 0 Å². The Balaban J connectivity index is 1.96. The second-order valence-electron chi connectivity index (χ2n) is 5.22. The van der Waals surface area contributed by atoms with Gasteiger partial charge in [0.15, 0.2) is 12.4 Å². The molecule has 0 saturated carbocycles. The predicted octanol–water partition coefficient (Wildman–Crippen LogP) is 0.0791. The van der Waals surface area contributed by atoms with Crippen LogP contribution in [0.5, 0.6) is 5.75 Å². The topological polar surface area (TPSA) is 105 Å². The average Bonchev–Trinajstić information content (AvgIpc) is 2.55. The van der Waals surface area contributed by atoms with Crippen LogP contribution in [-0.4, -0.2) is 59.1 Å². The van der Waals surface area contributed by atoms with Crippen molar-refractivity contribution in [2.45, 2.75) is 37.6 Å². The number of rotatable bonds is 4. The number of benzene rings is 1. The molecule has 0 unspecified atom stereocenters. The summed E-state index contributed by atoms with van der Waals surface area (Å²) in [6.45, 7) is 1.50. The summed E-state index contributed by atoms with van der Waals surface area (Å²) in [7, 11) is 1.56. The van der Waals surface area contributed by atoms with Gasteiger partial charge in [-0.1, -0.05) is 12.1 Å². The molecular weight excluding hydrogens is 304 g/mol. The summed E-state index contributed by atoms with van der Waals surface area (Å²) in [5.41, 5.74) is 0.748. The quantitative estimate of drug-likeness (QED) is 0.532. The maximum atomic E-state index is 11.8. The molecule has 0 aliphatic carbocycles. The largest absolute Gasteiger partial charge is 0.497 e. The smallest absolute Gasteiger partial charge is 0.331 e. The van der Waals surface area contributed by atoms with Crippen molar-refractivity contribution in [2.24, 2.45) is 0 Å². The highest BCUT2D eigenvalue weighted by atomic mass is 16.7. The molecule has 0 amide bonds. The van der Waals surface area contributed by atoms with Crippen LogP contribution in [0.2, 0.25) is 0 Å². The monoisotopic (exact) mass is 324 g/mol. The van der Waals surface area contributed by atoms with E-state index in [9.17, 15) is 20.1 Å². The standard InChI is InChI=1S/C16H20O7/c1-9-13(18)14(19)15(16(20)22-9)23-12(17)8-5-10-3-6-11(21-2)7-4-10/h3-9,13-16,18-20H,1-2H3/b8-5-/t9-,13-,14+,15+,16-/m0/s1. The van der Waals surface area contributed by atoms with E-state index in [1.165, 1.54) is 13.0 Å². The number of hydrogen-bond acceptors (Lipinski definition) is 7. The molecule has 1 aliphatic heterocycles. The molecule has 0 radical (unpaired) electrons. The third-order valence-electron chi connectivity index (χ3n) is 3.58. The number of aliphatic hydroxyl groups excluding tert-OH is 3. The first-order valence-electron chi connectivity index (χ1n) is 7.15. The van der Waals surface area contributed by atoms with Crippen LogP contribution in [-0.2, 0) is 14.3 Å². The first-order valence-corrected chi connectivity index (χ1v) is 7.15. The van der Waals surface area contributed by atoms with E-state index in [1.54, 1.807) is 31.4 Å². The molecule has 7 nitrogen and oxygen atoms in total. The Labute approximate surface area is 133 Å². The van der Waals surface area contributed by atoms with Gasteiger partial charge in [0.2, 0.25) is 0 Å². The molecule has 0 bridgehead atoms. The second-order valence-corrected chi connectivity index (χ2v) is 5.22. The van der Waals surface area contributed by atoms with Crippen molar-refractivity contribution in [1.82, 2.24) is 0 Å². The van der Waals surface area contributed by atoms with Gasteiger partial charge < -0.3 is 29.5 Å². The minimum atomic E-state index is -1.50. The van der Waals surface area contributed by atoms with E-state index < -0.39 is 36.7 Å². The Hall–Kier alpha value is -1.93. The minimum absolute atomic E-state index is 0.693. The lowest BCUT2D eigenvalue weighted by Crippen LogP contribution is -2.57. The Morgan fingerprint density at radius 3 is 2.43 bits per heavy atom. The van der Waals surface area contributed by atoms with Gasteiger partial charge in [0.1, 0.15) is 18.0 Å². The fourth-order valence-corrected chi connectivity index (χ4v) is 2.20. The lowest BCUT2D eigenvalue weighted by atomic mass is 10.00. The molecule has 3 N–H and O–H groups in total. The molecule has 1 fully saturated rings. The van der Waals surface area contributed by atoms with Gasteiger partial charge in [-0.3, -0.25) is 0 Å². The second kappa shape index (κ2) is 7.56. The van der Waals surface area contributed by atoms with Crippen LogP contribution in [0.1, 0.15) is 12.5 Å². The molecule has 1 heterocycles. The highest BCUT2D eigenvalue weighted by molar-refractivity contribution is 5.87. The van der Waals surface area contributed by atoms with Gasteiger partial charge in [-0.25, -0.2) is 4.79 Å². The summed E-state index contributed by atoms with van der Waals surface area (Å²) in [5.74, 6) is -0.0762. The molecule has 126 valence electrons. The first-order chi connectivity index (χ1) is 10.9. The van der Waals surface area contributed by atoms with Crippen molar-refractivity contribution in [2.75, 3.05) is 7.11 Å². The van der Waals surface area contributed by atoms with Crippen molar-refractivity contribution >= 4 is 12.0 Å². The summed E-state index contributed by atoms with van der Waals surface area (Å²) in [6, 6.07) is 6.99. The van der Waals surface area contributed by atoms with Crippen LogP contribution in [0.15, 0.2) is 30.3 Å². The Morgan fingerprint density at radius 1 is 1.17 bits per heavy atom. The molecule has 0 spiro atoms. The molecule has 1 aromatic carbocycles. The van der Waals surface area contributed by atoms with Crippen LogP contribution in [0.4, 0.5) is 0 Å². The van der Waals surface area contributed by atoms with E-state index in [0.29, 0.717) is 5.75 Å². The van der Waals surface area contributed by atoms with Gasteiger partial charge >= 0.3 is 5.97 Å². The third kappa shape index (κ3) is 4.29. The maximum Gasteiger partial charge on any atom is 0.331 e. The van der Waals surface area contributed by atoms with E-state index in [1.807, 2.05) is 0 Å². The third-order valence-corrected chi connectivity index (χ3v) is 3.58. The zero-order valence-electron chi connectivity index (χ0n) is 12.8. The number of carbonyl (C=O) groups excluding carboxylic acids is 1. The molecule has 1 saturated heterocycles. The highest BCUT2D eigenvalue weighted by Gasteiger charge is 2.44. The minimum Gasteiger partial charge on any atom is -0.497 e. The van der Waals surface area contributed by atoms with Gasteiger partial charge in [-0.2, -0.15) is 0 Å². The van der Waals surface area contributed by atoms with Crippen LogP contribution in [0, 0.1) is 0 Å². The van der Waals surface area contributed by atoms with Gasteiger partial charge in [0.05, 0.1) is 13.2 Å². The van der Waals surface area contributed by atoms with E-state index in [-0.39, 0.29) is 0 Å². The molecule has 7 heteroatoms. The van der Waals surface area contributed by atoms with E-state index in [4.69, 9.17) is 14.2 Å². The Bertz CT molecular complexity index is 554. The number of aliphatic hydroxyl groups is 3. The number of methoxy groups -OCH3 is 1. The van der Waals surface area contributed by atoms with Crippen LogP contribution in [0.25, 0.3) is 6.08 Å². The van der Waals surface area contributed by atoms with Gasteiger partial charge in [0.25, 0.3) is 0 Å².